The summed E-state index contributed by atoms with van der Waals surface area (Å²) in [6, 6.07) is 5.15. The van der Waals surface area contributed by atoms with E-state index in [9.17, 15) is 18.4 Å². The third kappa shape index (κ3) is 4.75. The van der Waals surface area contributed by atoms with Crippen molar-refractivity contribution < 1.29 is 23.2 Å². The number of rotatable bonds is 8. The summed E-state index contributed by atoms with van der Waals surface area (Å²) in [5.74, 6) is 0.183. The molecule has 0 aliphatic heterocycles. The molecule has 8 heteroatoms. The number of carbonyl (C=O) groups excluding carboxylic acids is 1. The third-order valence-electron chi connectivity index (χ3n) is 4.57. The second-order valence-electron chi connectivity index (χ2n) is 7.77. The molecule has 1 atom stereocenters. The van der Waals surface area contributed by atoms with Crippen LogP contribution >= 0.6 is 0 Å². The topological polar surface area (TPSA) is 95.9 Å². The first-order valence-corrected chi connectivity index (χ1v) is 10.1. The normalized spacial score (nSPS) is 16.4. The number of benzene rings is 1. The van der Waals surface area contributed by atoms with E-state index in [1.54, 1.807) is 38.4 Å². The fraction of sp³-hybridized carbons (Fsp3) is 0.611. The summed E-state index contributed by atoms with van der Waals surface area (Å²) < 4.78 is 33.0. The molecule has 0 saturated heterocycles. The average Bonchev–Trinajstić information content (AvgIpc) is 3.41. The van der Waals surface area contributed by atoms with Crippen LogP contribution in [0.1, 0.15) is 40.0 Å². The first-order valence-electron chi connectivity index (χ1n) is 8.71. The first kappa shape index (κ1) is 20.7. The van der Waals surface area contributed by atoms with Gasteiger partial charge in [0.25, 0.3) is 5.91 Å². The van der Waals surface area contributed by atoms with Gasteiger partial charge in [-0.1, -0.05) is 39.7 Å². The Bertz CT molecular complexity index is 738. The molecule has 0 heterocycles. The fourth-order valence-electron chi connectivity index (χ4n) is 3.02. The van der Waals surface area contributed by atoms with Crippen molar-refractivity contribution in [2.24, 2.45) is 11.3 Å². The van der Waals surface area contributed by atoms with E-state index in [0.29, 0.717) is 18.1 Å². The Morgan fingerprint density at radius 1 is 1.38 bits per heavy atom. The van der Waals surface area contributed by atoms with Crippen LogP contribution in [0.3, 0.4) is 0 Å². The van der Waals surface area contributed by atoms with Crippen LogP contribution in [0.5, 0.6) is 5.75 Å². The van der Waals surface area contributed by atoms with Crippen molar-refractivity contribution in [1.29, 1.82) is 0 Å². The number of carbonyl (C=O) groups is 1. The van der Waals surface area contributed by atoms with Gasteiger partial charge in [0.15, 0.2) is 0 Å². The molecule has 2 N–H and O–H groups in total. The van der Waals surface area contributed by atoms with Gasteiger partial charge < -0.3 is 4.74 Å². The average molecular weight is 384 g/mol. The zero-order valence-corrected chi connectivity index (χ0v) is 16.5. The zero-order chi connectivity index (χ0) is 19.5. The van der Waals surface area contributed by atoms with Gasteiger partial charge in [-0.15, -0.1) is 0 Å². The lowest BCUT2D eigenvalue weighted by Gasteiger charge is -2.37. The summed E-state index contributed by atoms with van der Waals surface area (Å²) in [7, 11) is -2.49. The number of ether oxygens (including phenoxy) is 1. The molecule has 1 fully saturated rings. The molecule has 1 amide bonds. The van der Waals surface area contributed by atoms with Crippen LogP contribution in [0, 0.1) is 11.3 Å². The minimum atomic E-state index is -3.96. The Balaban J connectivity index is 2.48. The molecular weight excluding hydrogens is 356 g/mol. The van der Waals surface area contributed by atoms with Gasteiger partial charge in [0.05, 0.1) is 12.0 Å². The second-order valence-corrected chi connectivity index (χ2v) is 9.66. The Hall–Kier alpha value is -1.64. The summed E-state index contributed by atoms with van der Waals surface area (Å²) in [6.45, 7) is 5.55. The van der Waals surface area contributed by atoms with Crippen LogP contribution in [0.15, 0.2) is 29.2 Å². The number of hydrogen-bond acceptors (Lipinski definition) is 5. The molecule has 2 rings (SSSR count). The number of nitrogens with zero attached hydrogens (tertiary/aromatic N) is 1. The number of sulfonamides is 1. The van der Waals surface area contributed by atoms with Gasteiger partial charge >= 0.3 is 0 Å². The molecule has 1 aliphatic rings. The molecule has 0 aromatic heterocycles. The van der Waals surface area contributed by atoms with Gasteiger partial charge in [-0.25, -0.2) is 13.9 Å². The van der Waals surface area contributed by atoms with Crippen LogP contribution < -0.4 is 10.2 Å². The zero-order valence-electron chi connectivity index (χ0n) is 15.7. The maximum Gasteiger partial charge on any atom is 0.262 e. The fourth-order valence-corrected chi connectivity index (χ4v) is 4.84. The molecule has 0 radical (unpaired) electrons. The Morgan fingerprint density at radius 2 is 2.04 bits per heavy atom. The van der Waals surface area contributed by atoms with E-state index >= 15 is 0 Å². The number of methoxy groups -OCH3 is 1. The number of nitrogens with one attached hydrogen (secondary N) is 1. The van der Waals surface area contributed by atoms with Crippen LogP contribution in [-0.2, 0) is 14.8 Å². The smallest absolute Gasteiger partial charge is 0.262 e. The molecule has 1 aromatic carbocycles. The summed E-state index contributed by atoms with van der Waals surface area (Å²) in [5.41, 5.74) is 0.926. The SMILES string of the molecule is COc1cccc(S(=O)(=O)N(CCC2CC2)[C@@H](C(=O)NO)C(C)(C)C)c1. The lowest BCUT2D eigenvalue weighted by atomic mass is 9.86. The van der Waals surface area contributed by atoms with Crippen LogP contribution in [0.4, 0.5) is 0 Å². The standard InChI is InChI=1S/C18H28N2O5S/c1-18(2,3)16(17(21)19-22)20(11-10-13-8-9-13)26(23,24)15-7-5-6-14(12-15)25-4/h5-7,12-13,16,22H,8-11H2,1-4H3,(H,19,21)/t16-/m0/s1. The maximum atomic E-state index is 13.4. The highest BCUT2D eigenvalue weighted by Gasteiger charge is 2.43. The highest BCUT2D eigenvalue weighted by atomic mass is 32.2. The highest BCUT2D eigenvalue weighted by molar-refractivity contribution is 7.89. The third-order valence-corrected chi connectivity index (χ3v) is 6.43. The van der Waals surface area contributed by atoms with Crippen LogP contribution in [-0.4, -0.2) is 43.5 Å². The molecule has 1 aromatic rings. The van der Waals surface area contributed by atoms with Gasteiger partial charge in [0, 0.05) is 12.6 Å². The molecule has 0 spiro atoms. The van der Waals surface area contributed by atoms with Crippen molar-refractivity contribution in [3.63, 3.8) is 0 Å². The Morgan fingerprint density at radius 3 is 2.54 bits per heavy atom. The van der Waals surface area contributed by atoms with E-state index in [2.05, 4.69) is 0 Å². The van der Waals surface area contributed by atoms with Crippen molar-refractivity contribution in [3.8, 4) is 5.75 Å². The monoisotopic (exact) mass is 384 g/mol. The van der Waals surface area contributed by atoms with Gasteiger partial charge in [0.2, 0.25) is 10.0 Å². The molecule has 146 valence electrons. The van der Waals surface area contributed by atoms with Gasteiger partial charge in [-0.2, -0.15) is 4.31 Å². The van der Waals surface area contributed by atoms with E-state index in [1.807, 2.05) is 0 Å². The van der Waals surface area contributed by atoms with E-state index in [1.165, 1.54) is 23.5 Å². The highest BCUT2D eigenvalue weighted by Crippen LogP contribution is 2.36. The van der Waals surface area contributed by atoms with Gasteiger partial charge in [0.1, 0.15) is 11.8 Å². The molecule has 1 saturated carbocycles. The Kier molecular flexibility index (Phi) is 6.31. The number of amides is 1. The first-order chi connectivity index (χ1) is 12.1. The van der Waals surface area contributed by atoms with Crippen LogP contribution in [0.25, 0.3) is 0 Å². The lowest BCUT2D eigenvalue weighted by Crippen LogP contribution is -2.55. The number of hydroxylamine groups is 1. The van der Waals surface area contributed by atoms with Gasteiger partial charge in [-0.05, 0) is 29.9 Å². The van der Waals surface area contributed by atoms with Crippen molar-refractivity contribution in [2.45, 2.75) is 51.0 Å². The predicted octanol–water partition coefficient (Wildman–Crippen LogP) is 2.41. The number of hydrogen-bond donors (Lipinski definition) is 2. The summed E-state index contributed by atoms with van der Waals surface area (Å²) in [5, 5.41) is 9.18. The van der Waals surface area contributed by atoms with E-state index in [0.717, 1.165) is 12.8 Å². The predicted molar refractivity (Wildman–Crippen MR) is 97.4 cm³/mol. The quantitative estimate of drug-likeness (QED) is 0.530. The lowest BCUT2D eigenvalue weighted by molar-refractivity contribution is -0.136. The minimum absolute atomic E-state index is 0.0626. The maximum absolute atomic E-state index is 13.4. The van der Waals surface area contributed by atoms with Crippen molar-refractivity contribution in [3.05, 3.63) is 24.3 Å². The second kappa shape index (κ2) is 7.94. The van der Waals surface area contributed by atoms with Gasteiger partial charge in [-0.3, -0.25) is 10.0 Å². The molecule has 7 nitrogen and oxygen atoms in total. The Labute approximate surface area is 155 Å². The minimum Gasteiger partial charge on any atom is -0.497 e. The van der Waals surface area contributed by atoms with Crippen molar-refractivity contribution in [1.82, 2.24) is 9.79 Å². The molecule has 0 unspecified atom stereocenters. The molecule has 26 heavy (non-hydrogen) atoms. The summed E-state index contributed by atoms with van der Waals surface area (Å²) in [4.78, 5) is 12.4. The van der Waals surface area contributed by atoms with Crippen molar-refractivity contribution in [2.75, 3.05) is 13.7 Å². The summed E-state index contributed by atoms with van der Waals surface area (Å²) in [6.07, 6.45) is 2.85. The van der Waals surface area contributed by atoms with E-state index in [-0.39, 0.29) is 11.4 Å². The van der Waals surface area contributed by atoms with E-state index < -0.39 is 27.4 Å². The largest absolute Gasteiger partial charge is 0.497 e. The molecule has 0 bridgehead atoms. The molecular formula is C18H28N2O5S. The van der Waals surface area contributed by atoms with E-state index in [4.69, 9.17) is 4.74 Å². The molecule has 1 aliphatic carbocycles. The van der Waals surface area contributed by atoms with Crippen molar-refractivity contribution >= 4 is 15.9 Å². The van der Waals surface area contributed by atoms with Crippen LogP contribution in [0.2, 0.25) is 0 Å². The summed E-state index contributed by atoms with van der Waals surface area (Å²) >= 11 is 0.